The second kappa shape index (κ2) is 7.12. The topological polar surface area (TPSA) is 58.1 Å². The van der Waals surface area contributed by atoms with E-state index in [9.17, 15) is 4.79 Å². The molecule has 1 aliphatic rings. The van der Waals surface area contributed by atoms with E-state index < -0.39 is 0 Å². The zero-order valence-electron chi connectivity index (χ0n) is 14.9. The fourth-order valence-electron chi connectivity index (χ4n) is 3.52. The van der Waals surface area contributed by atoms with Gasteiger partial charge in [-0.1, -0.05) is 12.1 Å². The number of benzene rings is 1. The SMILES string of the molecule is Cc1cncc(N2CC[C@@H](NC(=O)Cc3ccc4ncccc4c3)C2)c1. The number of hydrogen-bond acceptors (Lipinski definition) is 4. The van der Waals surface area contributed by atoms with Crippen molar-refractivity contribution < 1.29 is 4.79 Å². The highest BCUT2D eigenvalue weighted by atomic mass is 16.1. The molecule has 132 valence electrons. The monoisotopic (exact) mass is 346 g/mol. The number of nitrogens with one attached hydrogen (secondary N) is 1. The molecule has 26 heavy (non-hydrogen) atoms. The predicted molar refractivity (Wildman–Crippen MR) is 103 cm³/mol. The fraction of sp³-hybridized carbons (Fsp3) is 0.286. The number of carbonyl (C=O) groups is 1. The minimum absolute atomic E-state index is 0.0717. The number of hydrogen-bond donors (Lipinski definition) is 1. The van der Waals surface area contributed by atoms with Crippen molar-refractivity contribution in [2.75, 3.05) is 18.0 Å². The minimum Gasteiger partial charge on any atom is -0.368 e. The van der Waals surface area contributed by atoms with Crippen molar-refractivity contribution in [3.05, 3.63) is 66.1 Å². The number of pyridine rings is 2. The summed E-state index contributed by atoms with van der Waals surface area (Å²) in [4.78, 5) is 23.3. The molecule has 3 heterocycles. The van der Waals surface area contributed by atoms with Gasteiger partial charge in [-0.2, -0.15) is 0 Å². The first-order valence-corrected chi connectivity index (χ1v) is 8.97. The lowest BCUT2D eigenvalue weighted by Crippen LogP contribution is -2.38. The second-order valence-electron chi connectivity index (χ2n) is 6.93. The molecule has 0 unspecified atom stereocenters. The highest BCUT2D eigenvalue weighted by Gasteiger charge is 2.24. The van der Waals surface area contributed by atoms with Gasteiger partial charge in [0.05, 0.1) is 23.8 Å². The van der Waals surface area contributed by atoms with E-state index in [-0.39, 0.29) is 11.9 Å². The first kappa shape index (κ1) is 16.5. The van der Waals surface area contributed by atoms with Crippen molar-refractivity contribution in [1.82, 2.24) is 15.3 Å². The number of aromatic nitrogens is 2. The van der Waals surface area contributed by atoms with Crippen LogP contribution in [0.3, 0.4) is 0 Å². The summed E-state index contributed by atoms with van der Waals surface area (Å²) in [6.45, 7) is 3.82. The molecular formula is C21H22N4O. The van der Waals surface area contributed by atoms with Gasteiger partial charge in [0, 0.05) is 36.9 Å². The van der Waals surface area contributed by atoms with Gasteiger partial charge in [0.25, 0.3) is 0 Å². The van der Waals surface area contributed by atoms with E-state index in [0.29, 0.717) is 6.42 Å². The molecule has 5 nitrogen and oxygen atoms in total. The minimum atomic E-state index is 0.0717. The van der Waals surface area contributed by atoms with Gasteiger partial charge in [0.1, 0.15) is 0 Å². The van der Waals surface area contributed by atoms with Crippen LogP contribution in [-0.4, -0.2) is 35.0 Å². The van der Waals surface area contributed by atoms with Crippen LogP contribution in [0.4, 0.5) is 5.69 Å². The van der Waals surface area contributed by atoms with E-state index >= 15 is 0 Å². The normalized spacial score (nSPS) is 16.8. The molecular weight excluding hydrogens is 324 g/mol. The Balaban J connectivity index is 1.36. The lowest BCUT2D eigenvalue weighted by molar-refractivity contribution is -0.121. The Labute approximate surface area is 153 Å². The number of anilines is 1. The lowest BCUT2D eigenvalue weighted by atomic mass is 10.1. The van der Waals surface area contributed by atoms with Crippen LogP contribution in [0, 0.1) is 6.92 Å². The third kappa shape index (κ3) is 3.67. The van der Waals surface area contributed by atoms with Crippen molar-refractivity contribution in [3.63, 3.8) is 0 Å². The molecule has 3 aromatic rings. The molecule has 4 rings (SSSR count). The highest BCUT2D eigenvalue weighted by molar-refractivity contribution is 5.83. The van der Waals surface area contributed by atoms with Crippen LogP contribution in [0.15, 0.2) is 55.0 Å². The average Bonchev–Trinajstić information content (AvgIpc) is 3.10. The van der Waals surface area contributed by atoms with E-state index in [4.69, 9.17) is 0 Å². The Morgan fingerprint density at radius 1 is 1.27 bits per heavy atom. The molecule has 1 saturated heterocycles. The first-order chi connectivity index (χ1) is 12.7. The summed E-state index contributed by atoms with van der Waals surface area (Å²) in [5.41, 5.74) is 4.25. The molecule has 2 aromatic heterocycles. The largest absolute Gasteiger partial charge is 0.368 e. The van der Waals surface area contributed by atoms with Gasteiger partial charge in [-0.25, -0.2) is 0 Å². The average molecular weight is 346 g/mol. The second-order valence-corrected chi connectivity index (χ2v) is 6.93. The molecule has 1 N–H and O–H groups in total. The molecule has 0 aliphatic carbocycles. The summed E-state index contributed by atoms with van der Waals surface area (Å²) in [5.74, 6) is 0.0717. The highest BCUT2D eigenvalue weighted by Crippen LogP contribution is 2.20. The first-order valence-electron chi connectivity index (χ1n) is 8.97. The zero-order valence-corrected chi connectivity index (χ0v) is 14.9. The molecule has 0 radical (unpaired) electrons. The predicted octanol–water partition coefficient (Wildman–Crippen LogP) is 2.88. The Morgan fingerprint density at radius 3 is 3.08 bits per heavy atom. The van der Waals surface area contributed by atoms with Gasteiger partial charge in [-0.3, -0.25) is 14.8 Å². The van der Waals surface area contributed by atoms with Crippen LogP contribution in [0.25, 0.3) is 10.9 Å². The summed E-state index contributed by atoms with van der Waals surface area (Å²) in [6.07, 6.45) is 6.89. The smallest absolute Gasteiger partial charge is 0.224 e. The van der Waals surface area contributed by atoms with E-state index in [0.717, 1.165) is 47.2 Å². The van der Waals surface area contributed by atoms with Crippen LogP contribution >= 0.6 is 0 Å². The van der Waals surface area contributed by atoms with Gasteiger partial charge in [-0.15, -0.1) is 0 Å². The van der Waals surface area contributed by atoms with Crippen LogP contribution < -0.4 is 10.2 Å². The van der Waals surface area contributed by atoms with E-state index in [1.54, 1.807) is 6.20 Å². The maximum absolute atomic E-state index is 12.4. The van der Waals surface area contributed by atoms with Gasteiger partial charge in [0.15, 0.2) is 0 Å². The van der Waals surface area contributed by atoms with Crippen molar-refractivity contribution in [2.24, 2.45) is 0 Å². The van der Waals surface area contributed by atoms with Crippen molar-refractivity contribution in [1.29, 1.82) is 0 Å². The Hall–Kier alpha value is -2.95. The maximum Gasteiger partial charge on any atom is 0.224 e. The summed E-state index contributed by atoms with van der Waals surface area (Å²) < 4.78 is 0. The Kier molecular flexibility index (Phi) is 4.52. The molecule has 5 heteroatoms. The van der Waals surface area contributed by atoms with E-state index in [1.807, 2.05) is 49.6 Å². The van der Waals surface area contributed by atoms with Crippen LogP contribution in [0.5, 0.6) is 0 Å². The van der Waals surface area contributed by atoms with Crippen LogP contribution in [0.2, 0.25) is 0 Å². The van der Waals surface area contributed by atoms with E-state index in [1.165, 1.54) is 0 Å². The van der Waals surface area contributed by atoms with Crippen LogP contribution in [0.1, 0.15) is 17.5 Å². The zero-order chi connectivity index (χ0) is 17.9. The van der Waals surface area contributed by atoms with Gasteiger partial charge in [0.2, 0.25) is 5.91 Å². The summed E-state index contributed by atoms with van der Waals surface area (Å²) >= 11 is 0. The van der Waals surface area contributed by atoms with Crippen molar-refractivity contribution >= 4 is 22.5 Å². The van der Waals surface area contributed by atoms with Gasteiger partial charge < -0.3 is 10.2 Å². The number of amides is 1. The fourth-order valence-corrected chi connectivity index (χ4v) is 3.52. The molecule has 1 aliphatic heterocycles. The lowest BCUT2D eigenvalue weighted by Gasteiger charge is -2.19. The quantitative estimate of drug-likeness (QED) is 0.789. The van der Waals surface area contributed by atoms with E-state index in [2.05, 4.69) is 26.3 Å². The number of carbonyl (C=O) groups excluding carboxylic acids is 1. The molecule has 1 atom stereocenters. The third-order valence-electron chi connectivity index (χ3n) is 4.81. The molecule has 1 fully saturated rings. The molecule has 0 saturated carbocycles. The number of fused-ring (bicyclic) bond motifs is 1. The third-order valence-corrected chi connectivity index (χ3v) is 4.81. The Morgan fingerprint density at radius 2 is 2.19 bits per heavy atom. The summed E-state index contributed by atoms with van der Waals surface area (Å²) in [7, 11) is 0. The maximum atomic E-state index is 12.4. The molecule has 0 bridgehead atoms. The van der Waals surface area contributed by atoms with Crippen molar-refractivity contribution in [2.45, 2.75) is 25.8 Å². The van der Waals surface area contributed by atoms with Crippen molar-refractivity contribution in [3.8, 4) is 0 Å². The molecule has 1 aromatic carbocycles. The van der Waals surface area contributed by atoms with Gasteiger partial charge in [-0.05, 0) is 48.7 Å². The molecule has 1 amide bonds. The summed E-state index contributed by atoms with van der Waals surface area (Å²) in [5, 5.41) is 4.24. The van der Waals surface area contributed by atoms with Crippen LogP contribution in [-0.2, 0) is 11.2 Å². The van der Waals surface area contributed by atoms with Gasteiger partial charge >= 0.3 is 0 Å². The number of nitrogens with zero attached hydrogens (tertiary/aromatic N) is 3. The number of aryl methyl sites for hydroxylation is 1. The Bertz CT molecular complexity index is 940. The summed E-state index contributed by atoms with van der Waals surface area (Å²) in [6, 6.07) is 12.3. The number of rotatable bonds is 4. The molecule has 0 spiro atoms. The standard InChI is InChI=1S/C21H22N4O/c1-15-9-19(13-22-12-15)25-8-6-18(14-25)24-21(26)11-16-4-5-20-17(10-16)3-2-7-23-20/h2-5,7,9-10,12-13,18H,6,8,11,14H2,1H3,(H,24,26)/t18-/m1/s1.